The molecule has 0 saturated heterocycles. The molecule has 0 unspecified atom stereocenters. The second-order valence-electron chi connectivity index (χ2n) is 5.87. The van der Waals surface area contributed by atoms with Crippen LogP contribution in [-0.2, 0) is 19.6 Å². The Bertz CT molecular complexity index is 520. The van der Waals surface area contributed by atoms with Gasteiger partial charge in [-0.3, -0.25) is 0 Å². The van der Waals surface area contributed by atoms with Crippen LogP contribution in [0, 0.1) is 5.41 Å². The minimum absolute atomic E-state index is 0.541. The van der Waals surface area contributed by atoms with Crippen LogP contribution in [0.25, 0.3) is 0 Å². The first-order valence-electron chi connectivity index (χ1n) is 6.40. The zero-order valence-electron chi connectivity index (χ0n) is 13.2. The molecule has 0 radical (unpaired) electrons. The van der Waals surface area contributed by atoms with Gasteiger partial charge >= 0.3 is 140 Å². The average molecular weight is 480 g/mol. The number of hydrogen-bond donors (Lipinski definition) is 1. The van der Waals surface area contributed by atoms with Crippen molar-refractivity contribution in [2.24, 2.45) is 5.41 Å². The Morgan fingerprint density at radius 3 is 2.04 bits per heavy atom. The molecule has 0 aliphatic rings. The molecule has 0 spiro atoms. The van der Waals surface area contributed by atoms with Gasteiger partial charge in [-0.2, -0.15) is 0 Å². The van der Waals surface area contributed by atoms with E-state index < -0.39 is 71.9 Å². The van der Waals surface area contributed by atoms with Crippen molar-refractivity contribution in [3.63, 3.8) is 0 Å². The molecule has 0 atom stereocenters. The van der Waals surface area contributed by atoms with Crippen LogP contribution in [0.2, 0.25) is 0 Å². The molecule has 0 aromatic heterocycles. The Balaban J connectivity index is 4.55. The maximum absolute atomic E-state index is 13.2. The van der Waals surface area contributed by atoms with Crippen molar-refractivity contribution >= 4 is 35.9 Å². The van der Waals surface area contributed by atoms with Gasteiger partial charge in [-0.1, -0.05) is 0 Å². The molecule has 0 aliphatic carbocycles. The van der Waals surface area contributed by atoms with E-state index in [4.69, 9.17) is 9.29 Å². The van der Waals surface area contributed by atoms with E-state index in [0.29, 0.717) is 4.43 Å². The van der Waals surface area contributed by atoms with Gasteiger partial charge in [0.05, 0.1) is 0 Å². The fourth-order valence-electron chi connectivity index (χ4n) is 1.71. The van der Waals surface area contributed by atoms with Crippen molar-refractivity contribution in [1.82, 2.24) is 0 Å². The molecule has 0 aromatic rings. The van der Waals surface area contributed by atoms with Gasteiger partial charge < -0.3 is 0 Å². The molecule has 5 nitrogen and oxygen atoms in total. The molecule has 1 N–H and O–H groups in total. The number of hydrogen-bond acceptors (Lipinski definition) is 4. The summed E-state index contributed by atoms with van der Waals surface area (Å²) in [6, 6.07) is 0. The number of carbonyl (C=O) groups excluding carboxylic acids is 1. The molecule has 23 heavy (non-hydrogen) atoms. The fraction of sp³-hybridized carbons (Fsp3) is 0.917. The van der Waals surface area contributed by atoms with Crippen molar-refractivity contribution in [2.45, 2.75) is 37.9 Å². The zero-order valence-corrected chi connectivity index (χ0v) is 16.2. The molecule has 140 valence electrons. The van der Waals surface area contributed by atoms with Gasteiger partial charge in [0.25, 0.3) is 0 Å². The van der Waals surface area contributed by atoms with Crippen LogP contribution >= 0.6 is 19.8 Å². The van der Waals surface area contributed by atoms with Gasteiger partial charge in [0.15, 0.2) is 0 Å². The van der Waals surface area contributed by atoms with E-state index in [1.165, 1.54) is 0 Å². The predicted molar refractivity (Wildman–Crippen MR) is 86.2 cm³/mol. The number of halogens is 5. The Hall–Kier alpha value is -0.170. The SMILES string of the molecule is CI(C)CC(C)(C)C(=O)OCCCC(F)(F)C(F)(F)S(=O)(=O)O. The zero-order chi connectivity index (χ0) is 18.7. The van der Waals surface area contributed by atoms with Crippen LogP contribution in [0.4, 0.5) is 17.6 Å². The van der Waals surface area contributed by atoms with E-state index in [0.717, 1.165) is 0 Å². The van der Waals surface area contributed by atoms with Crippen molar-refractivity contribution in [1.29, 1.82) is 0 Å². The first kappa shape index (κ1) is 22.8. The summed E-state index contributed by atoms with van der Waals surface area (Å²) in [4.78, 5) is 15.9. The molecule has 0 saturated carbocycles. The second-order valence-corrected chi connectivity index (χ2v) is 13.3. The Labute approximate surface area is 140 Å². The molecular weight excluding hydrogens is 459 g/mol. The van der Waals surface area contributed by atoms with Crippen LogP contribution in [0.5, 0.6) is 0 Å². The summed E-state index contributed by atoms with van der Waals surface area (Å²) in [7, 11) is -6.24. The van der Waals surface area contributed by atoms with Gasteiger partial charge in [0, 0.05) is 0 Å². The topological polar surface area (TPSA) is 80.7 Å². The van der Waals surface area contributed by atoms with Crippen LogP contribution in [0.15, 0.2) is 0 Å². The van der Waals surface area contributed by atoms with Crippen LogP contribution in [0.3, 0.4) is 0 Å². The van der Waals surface area contributed by atoms with Gasteiger partial charge in [0.2, 0.25) is 0 Å². The molecule has 0 amide bonds. The Morgan fingerprint density at radius 2 is 1.65 bits per heavy atom. The van der Waals surface area contributed by atoms with Crippen LogP contribution in [-0.4, -0.2) is 51.0 Å². The number of ether oxygens (including phenoxy) is 1. The van der Waals surface area contributed by atoms with Gasteiger partial charge in [-0.05, 0) is 0 Å². The summed E-state index contributed by atoms with van der Waals surface area (Å²) < 4.78 is 86.5. The van der Waals surface area contributed by atoms with E-state index in [-0.39, 0.29) is 0 Å². The van der Waals surface area contributed by atoms with Crippen molar-refractivity contribution < 1.29 is 40.1 Å². The quantitative estimate of drug-likeness (QED) is 0.137. The third-order valence-corrected chi connectivity index (χ3v) is 7.15. The normalized spacial score (nSPS) is 14.6. The van der Waals surface area contributed by atoms with E-state index in [1.54, 1.807) is 13.8 Å². The Morgan fingerprint density at radius 1 is 1.17 bits per heavy atom. The summed E-state index contributed by atoms with van der Waals surface area (Å²) >= 11 is -1.24. The molecule has 0 rings (SSSR count). The summed E-state index contributed by atoms with van der Waals surface area (Å²) in [5.41, 5.74) is -0.782. The first-order valence-corrected chi connectivity index (χ1v) is 13.7. The van der Waals surface area contributed by atoms with Gasteiger partial charge in [0.1, 0.15) is 0 Å². The minimum atomic E-state index is -6.24. The molecular formula is C12H21F4IO5S. The van der Waals surface area contributed by atoms with Crippen molar-refractivity contribution in [3.05, 3.63) is 0 Å². The number of esters is 1. The van der Waals surface area contributed by atoms with Crippen molar-refractivity contribution in [2.75, 3.05) is 20.9 Å². The van der Waals surface area contributed by atoms with Gasteiger partial charge in [-0.25, -0.2) is 0 Å². The van der Waals surface area contributed by atoms with Crippen molar-refractivity contribution in [3.8, 4) is 0 Å². The standard InChI is InChI=1S/C12H21F4IO5S/c1-10(2,8-17(3)4)9(18)22-7-5-6-11(13,14)12(15,16)23(19,20)21/h5-8H2,1-4H3,(H,19,20,21). The third kappa shape index (κ3) is 6.33. The second kappa shape index (κ2) is 7.81. The maximum atomic E-state index is 13.2. The summed E-state index contributed by atoms with van der Waals surface area (Å²) in [5, 5.41) is -5.59. The number of alkyl halides is 7. The van der Waals surface area contributed by atoms with Crippen LogP contribution in [0.1, 0.15) is 26.7 Å². The monoisotopic (exact) mass is 480 g/mol. The van der Waals surface area contributed by atoms with E-state index >= 15 is 0 Å². The Kier molecular flexibility index (Phi) is 7.75. The molecule has 0 fully saturated rings. The fourth-order valence-corrected chi connectivity index (χ4v) is 6.32. The summed E-state index contributed by atoms with van der Waals surface area (Å²) in [5.74, 6) is -5.58. The van der Waals surface area contributed by atoms with Gasteiger partial charge in [-0.15, -0.1) is 0 Å². The van der Waals surface area contributed by atoms with E-state index in [9.17, 15) is 30.8 Å². The molecule has 11 heteroatoms. The molecule has 0 heterocycles. The average Bonchev–Trinajstić information content (AvgIpc) is 2.30. The third-order valence-electron chi connectivity index (χ3n) is 2.77. The summed E-state index contributed by atoms with van der Waals surface area (Å²) in [6.45, 7) is 2.75. The molecule has 0 aliphatic heterocycles. The number of carbonyl (C=O) groups is 1. The molecule has 0 bridgehead atoms. The summed E-state index contributed by atoms with van der Waals surface area (Å²) in [6.07, 6.45) is -2.21. The number of rotatable bonds is 9. The van der Waals surface area contributed by atoms with E-state index in [1.807, 2.05) is 9.86 Å². The predicted octanol–water partition coefficient (Wildman–Crippen LogP) is 3.22. The van der Waals surface area contributed by atoms with E-state index in [2.05, 4.69) is 0 Å². The van der Waals surface area contributed by atoms with Crippen LogP contribution < -0.4 is 0 Å². The molecule has 0 aromatic carbocycles. The first-order chi connectivity index (χ1) is 10.0.